The fourth-order valence-electron chi connectivity index (χ4n) is 6.07. The molecule has 1 N–H and O–H groups in total. The third-order valence-electron chi connectivity index (χ3n) is 8.73. The largest absolute Gasteiger partial charge is 0.368 e. The summed E-state index contributed by atoms with van der Waals surface area (Å²) in [4.78, 5) is 0. The molecule has 2 aliphatic rings. The highest BCUT2D eigenvalue weighted by Gasteiger charge is 2.46. The van der Waals surface area contributed by atoms with E-state index in [1.54, 1.807) is 7.11 Å². The maximum absolute atomic E-state index is 10.2. The molecule has 0 amide bonds. The van der Waals surface area contributed by atoms with Gasteiger partial charge in [-0.05, 0) is 35.1 Å². The Morgan fingerprint density at radius 2 is 0.796 bits per heavy atom. The fraction of sp³-hybridized carbons (Fsp3) is 0.415. The lowest BCUT2D eigenvalue weighted by Gasteiger charge is -2.24. The maximum Gasteiger partial charge on any atom is 0.186 e. The highest BCUT2D eigenvalue weighted by atomic mass is 16.7. The van der Waals surface area contributed by atoms with Crippen molar-refractivity contribution in [1.82, 2.24) is 0 Å². The van der Waals surface area contributed by atoms with E-state index in [0.29, 0.717) is 26.4 Å². The molecule has 0 spiro atoms. The van der Waals surface area contributed by atoms with Crippen LogP contribution in [0.3, 0.4) is 0 Å². The predicted molar refractivity (Wildman–Crippen MR) is 187 cm³/mol. The number of hydrogen-bond acceptors (Lipinski definition) is 8. The van der Waals surface area contributed by atoms with Crippen molar-refractivity contribution in [3.05, 3.63) is 144 Å². The third-order valence-corrected chi connectivity index (χ3v) is 8.73. The van der Waals surface area contributed by atoms with E-state index < -0.39 is 18.7 Å². The Kier molecular flexibility index (Phi) is 14.8. The van der Waals surface area contributed by atoms with E-state index in [2.05, 4.69) is 31.2 Å². The first-order chi connectivity index (χ1) is 24.1. The van der Waals surface area contributed by atoms with Crippen molar-refractivity contribution < 1.29 is 38.3 Å². The summed E-state index contributed by atoms with van der Waals surface area (Å²) in [5.74, 6) is 0. The van der Waals surface area contributed by atoms with Crippen molar-refractivity contribution in [2.45, 2.75) is 102 Å². The van der Waals surface area contributed by atoms with Crippen molar-refractivity contribution in [2.24, 2.45) is 0 Å². The van der Waals surface area contributed by atoms with Gasteiger partial charge in [0.05, 0.1) is 38.6 Å². The Morgan fingerprint density at radius 3 is 1.16 bits per heavy atom. The van der Waals surface area contributed by atoms with E-state index in [9.17, 15) is 5.11 Å². The van der Waals surface area contributed by atoms with Crippen molar-refractivity contribution >= 4 is 0 Å². The smallest absolute Gasteiger partial charge is 0.186 e. The van der Waals surface area contributed by atoms with Gasteiger partial charge < -0.3 is 38.3 Å². The molecule has 2 aliphatic heterocycles. The van der Waals surface area contributed by atoms with E-state index in [1.807, 2.05) is 104 Å². The second-order valence-electron chi connectivity index (χ2n) is 12.2. The topological polar surface area (TPSA) is 84.8 Å². The second-order valence-corrected chi connectivity index (χ2v) is 12.2. The first-order valence-corrected chi connectivity index (χ1v) is 17.2. The van der Waals surface area contributed by atoms with Crippen LogP contribution in [0.1, 0.15) is 48.9 Å². The quantitative estimate of drug-likeness (QED) is 0.142. The number of ether oxygens (including phenoxy) is 7. The number of rotatable bonds is 15. The molecule has 2 unspecified atom stereocenters. The Balaban J connectivity index is 0.000000191. The molecule has 8 atom stereocenters. The molecule has 2 fully saturated rings. The van der Waals surface area contributed by atoms with Gasteiger partial charge in [-0.25, -0.2) is 0 Å². The van der Waals surface area contributed by atoms with Gasteiger partial charge in [0.15, 0.2) is 12.6 Å². The number of methoxy groups -OCH3 is 1. The molecule has 0 saturated carbocycles. The minimum atomic E-state index is -0.959. The highest BCUT2D eigenvalue weighted by molar-refractivity contribution is 5.16. The molecule has 4 aromatic rings. The van der Waals surface area contributed by atoms with Gasteiger partial charge in [0, 0.05) is 7.11 Å². The van der Waals surface area contributed by atoms with Crippen LogP contribution in [0.25, 0.3) is 0 Å². The SMILES string of the molecule is CC[C@H]1O[C@@H](O)C(OCc2ccccc2)[C@@H]1OCc1ccccc1.CC[C@H]1O[C@@H](OC)C(OCc2ccccc2)[C@@H]1OCc1ccccc1. The van der Waals surface area contributed by atoms with Crippen LogP contribution >= 0.6 is 0 Å². The molecule has 2 saturated heterocycles. The summed E-state index contributed by atoms with van der Waals surface area (Å²) in [6.45, 7) is 6.06. The van der Waals surface area contributed by atoms with Crippen molar-refractivity contribution in [2.75, 3.05) is 7.11 Å². The normalized spacial score (nSPS) is 26.3. The van der Waals surface area contributed by atoms with Crippen molar-refractivity contribution in [1.29, 1.82) is 0 Å². The van der Waals surface area contributed by atoms with E-state index in [1.165, 1.54) is 0 Å². The Labute approximate surface area is 290 Å². The zero-order valence-corrected chi connectivity index (χ0v) is 28.7. The van der Waals surface area contributed by atoms with E-state index in [0.717, 1.165) is 35.1 Å². The Hall–Kier alpha value is -3.44. The summed E-state index contributed by atoms with van der Waals surface area (Å²) in [5, 5.41) is 10.2. The zero-order valence-electron chi connectivity index (χ0n) is 28.7. The van der Waals surface area contributed by atoms with Crippen LogP contribution in [-0.2, 0) is 59.6 Å². The van der Waals surface area contributed by atoms with Crippen molar-refractivity contribution in [3.8, 4) is 0 Å². The van der Waals surface area contributed by atoms with Gasteiger partial charge in [-0.15, -0.1) is 0 Å². The fourth-order valence-corrected chi connectivity index (χ4v) is 6.07. The van der Waals surface area contributed by atoms with Crippen molar-refractivity contribution in [3.63, 3.8) is 0 Å². The molecule has 262 valence electrons. The van der Waals surface area contributed by atoms with E-state index in [4.69, 9.17) is 33.2 Å². The molecule has 0 radical (unpaired) electrons. The van der Waals surface area contributed by atoms with Crippen LogP contribution in [-0.4, -0.2) is 61.4 Å². The summed E-state index contributed by atoms with van der Waals surface area (Å²) < 4.78 is 41.4. The number of aliphatic hydroxyl groups is 1. The number of aliphatic hydroxyl groups excluding tert-OH is 1. The maximum atomic E-state index is 10.2. The van der Waals surface area contributed by atoms with Gasteiger partial charge >= 0.3 is 0 Å². The van der Waals surface area contributed by atoms with Crippen LogP contribution in [0.4, 0.5) is 0 Å². The predicted octanol–water partition coefficient (Wildman–Crippen LogP) is 7.22. The van der Waals surface area contributed by atoms with Crippen LogP contribution in [0, 0.1) is 0 Å². The van der Waals surface area contributed by atoms with Crippen LogP contribution < -0.4 is 0 Å². The summed E-state index contributed by atoms with van der Waals surface area (Å²) in [5.41, 5.74) is 4.42. The lowest BCUT2D eigenvalue weighted by Crippen LogP contribution is -2.38. The van der Waals surface area contributed by atoms with Gasteiger partial charge in [-0.1, -0.05) is 135 Å². The average molecular weight is 671 g/mol. The molecular formula is C41H50O8. The van der Waals surface area contributed by atoms with Gasteiger partial charge in [-0.2, -0.15) is 0 Å². The number of benzene rings is 4. The van der Waals surface area contributed by atoms with E-state index >= 15 is 0 Å². The minimum absolute atomic E-state index is 0.0329. The summed E-state index contributed by atoms with van der Waals surface area (Å²) in [6.07, 6.45) is -1.12. The standard InChI is InChI=1S/C21H26O4.C20H24O4/c1-3-18-19(23-14-16-10-6-4-7-11-16)20(21(22-2)25-18)24-15-17-12-8-5-9-13-17;1-2-17-18(22-13-15-9-5-3-6-10-15)19(20(21)24-17)23-14-16-11-7-4-8-12-16/h4-13,18-21H,3,14-15H2,1-2H3;3-12,17-21H,2,13-14H2,1H3/t18-,19-,20?,21-;17-,18-,19?,20-/m11/s1. The molecular weight excluding hydrogens is 620 g/mol. The monoisotopic (exact) mass is 670 g/mol. The minimum Gasteiger partial charge on any atom is -0.368 e. The summed E-state index contributed by atoms with van der Waals surface area (Å²) in [6, 6.07) is 40.2. The molecule has 0 aliphatic carbocycles. The van der Waals surface area contributed by atoms with Crippen LogP contribution in [0.15, 0.2) is 121 Å². The Morgan fingerprint density at radius 1 is 0.469 bits per heavy atom. The van der Waals surface area contributed by atoms with Gasteiger partial charge in [0.1, 0.15) is 24.4 Å². The molecule has 0 bridgehead atoms. The lowest BCUT2D eigenvalue weighted by atomic mass is 10.1. The molecule has 8 nitrogen and oxygen atoms in total. The molecule has 49 heavy (non-hydrogen) atoms. The molecule has 4 aromatic carbocycles. The Bertz CT molecular complexity index is 1390. The molecule has 6 rings (SSSR count). The van der Waals surface area contributed by atoms with Crippen LogP contribution in [0.5, 0.6) is 0 Å². The van der Waals surface area contributed by atoms with Gasteiger partial charge in [-0.3, -0.25) is 0 Å². The highest BCUT2D eigenvalue weighted by Crippen LogP contribution is 2.31. The first-order valence-electron chi connectivity index (χ1n) is 17.2. The molecule has 2 heterocycles. The summed E-state index contributed by atoms with van der Waals surface area (Å²) >= 11 is 0. The first kappa shape index (κ1) is 36.8. The summed E-state index contributed by atoms with van der Waals surface area (Å²) in [7, 11) is 1.65. The van der Waals surface area contributed by atoms with Gasteiger partial charge in [0.25, 0.3) is 0 Å². The molecule has 8 heteroatoms. The molecule has 0 aromatic heterocycles. The average Bonchev–Trinajstić information content (AvgIpc) is 3.67. The van der Waals surface area contributed by atoms with Crippen LogP contribution in [0.2, 0.25) is 0 Å². The zero-order chi connectivity index (χ0) is 34.3. The van der Waals surface area contributed by atoms with E-state index in [-0.39, 0.29) is 30.5 Å². The van der Waals surface area contributed by atoms with Gasteiger partial charge in [0.2, 0.25) is 0 Å². The number of hydrogen-bond donors (Lipinski definition) is 1. The lowest BCUT2D eigenvalue weighted by molar-refractivity contribution is -0.166. The second kappa shape index (κ2) is 19.7. The third kappa shape index (κ3) is 10.8.